The standard InChI is InChI=1S/C18H36O2Si/c1-5-15-11-7-9-13-17(15)21(19-3,20-4)18-14-10-8-12-16(18)6-2/h15-18H,5-14H2,1-4H3. The lowest BCUT2D eigenvalue weighted by Crippen LogP contribution is -2.55. The molecule has 124 valence electrons. The van der Waals surface area contributed by atoms with Crippen molar-refractivity contribution in [2.75, 3.05) is 14.2 Å². The highest BCUT2D eigenvalue weighted by Crippen LogP contribution is 2.54. The summed E-state index contributed by atoms with van der Waals surface area (Å²) in [6.07, 6.45) is 13.7. The molecule has 0 radical (unpaired) electrons. The first-order valence-electron chi connectivity index (χ1n) is 9.33. The lowest BCUT2D eigenvalue weighted by atomic mass is 9.86. The maximum atomic E-state index is 6.35. The van der Waals surface area contributed by atoms with Crippen LogP contribution in [0.15, 0.2) is 0 Å². The summed E-state index contributed by atoms with van der Waals surface area (Å²) in [5.74, 6) is 1.68. The minimum Gasteiger partial charge on any atom is -0.397 e. The summed E-state index contributed by atoms with van der Waals surface area (Å²) in [7, 11) is 1.80. The first-order chi connectivity index (χ1) is 10.2. The van der Waals surface area contributed by atoms with Gasteiger partial charge in [0, 0.05) is 25.3 Å². The molecule has 0 heterocycles. The number of rotatable bonds is 6. The molecule has 4 atom stereocenters. The average Bonchev–Trinajstić information content (AvgIpc) is 2.57. The maximum absolute atomic E-state index is 6.35. The highest BCUT2D eigenvalue weighted by molar-refractivity contribution is 6.70. The van der Waals surface area contributed by atoms with Crippen LogP contribution in [0.25, 0.3) is 0 Å². The van der Waals surface area contributed by atoms with E-state index in [0.717, 1.165) is 22.9 Å². The van der Waals surface area contributed by atoms with Gasteiger partial charge in [0.15, 0.2) is 0 Å². The second-order valence-electron chi connectivity index (χ2n) is 7.25. The molecule has 0 aliphatic heterocycles. The van der Waals surface area contributed by atoms with Gasteiger partial charge in [-0.15, -0.1) is 0 Å². The Kier molecular flexibility index (Phi) is 6.76. The smallest absolute Gasteiger partial charge is 0.344 e. The van der Waals surface area contributed by atoms with E-state index in [2.05, 4.69) is 13.8 Å². The van der Waals surface area contributed by atoms with Crippen LogP contribution >= 0.6 is 0 Å². The van der Waals surface area contributed by atoms with Gasteiger partial charge >= 0.3 is 8.56 Å². The zero-order chi connectivity index (χ0) is 15.3. The fourth-order valence-electron chi connectivity index (χ4n) is 5.42. The molecule has 0 aromatic rings. The molecule has 0 amide bonds. The van der Waals surface area contributed by atoms with Crippen molar-refractivity contribution in [3.63, 3.8) is 0 Å². The van der Waals surface area contributed by atoms with Gasteiger partial charge in [0.25, 0.3) is 0 Å². The molecule has 0 aromatic heterocycles. The maximum Gasteiger partial charge on any atom is 0.344 e. The summed E-state index contributed by atoms with van der Waals surface area (Å²) < 4.78 is 12.7. The topological polar surface area (TPSA) is 18.5 Å². The summed E-state index contributed by atoms with van der Waals surface area (Å²) >= 11 is 0. The predicted molar refractivity (Wildman–Crippen MR) is 91.8 cm³/mol. The van der Waals surface area contributed by atoms with Crippen LogP contribution in [0, 0.1) is 11.8 Å². The van der Waals surface area contributed by atoms with Crippen molar-refractivity contribution < 1.29 is 8.85 Å². The van der Waals surface area contributed by atoms with Gasteiger partial charge in [-0.05, 0) is 24.7 Å². The molecule has 4 unspecified atom stereocenters. The largest absolute Gasteiger partial charge is 0.397 e. The molecule has 2 fully saturated rings. The van der Waals surface area contributed by atoms with Crippen molar-refractivity contribution in [1.29, 1.82) is 0 Å². The molecule has 2 aliphatic carbocycles. The quantitative estimate of drug-likeness (QED) is 0.589. The number of hydrogen-bond donors (Lipinski definition) is 0. The van der Waals surface area contributed by atoms with Gasteiger partial charge in [-0.2, -0.15) is 0 Å². The van der Waals surface area contributed by atoms with Crippen LogP contribution in [0.3, 0.4) is 0 Å². The predicted octanol–water partition coefficient (Wildman–Crippen LogP) is 5.66. The molecule has 3 heteroatoms. The van der Waals surface area contributed by atoms with E-state index in [1.807, 2.05) is 14.2 Å². The molecular formula is C18H36O2Si. The van der Waals surface area contributed by atoms with Crippen LogP contribution in [0.4, 0.5) is 0 Å². The Labute approximate surface area is 133 Å². The molecule has 0 N–H and O–H groups in total. The van der Waals surface area contributed by atoms with E-state index in [0.29, 0.717) is 0 Å². The Morgan fingerprint density at radius 1 is 0.714 bits per heavy atom. The molecule has 21 heavy (non-hydrogen) atoms. The summed E-state index contributed by atoms with van der Waals surface area (Å²) in [4.78, 5) is 0. The summed E-state index contributed by atoms with van der Waals surface area (Å²) in [6.45, 7) is 4.73. The van der Waals surface area contributed by atoms with Crippen LogP contribution in [0.1, 0.15) is 78.1 Å². The van der Waals surface area contributed by atoms with E-state index in [4.69, 9.17) is 8.85 Å². The number of hydrogen-bond acceptors (Lipinski definition) is 2. The van der Waals surface area contributed by atoms with Crippen molar-refractivity contribution in [2.24, 2.45) is 11.8 Å². The van der Waals surface area contributed by atoms with Crippen LogP contribution < -0.4 is 0 Å². The van der Waals surface area contributed by atoms with E-state index in [9.17, 15) is 0 Å². The van der Waals surface area contributed by atoms with Gasteiger partial charge in [-0.3, -0.25) is 0 Å². The van der Waals surface area contributed by atoms with E-state index in [1.54, 1.807) is 0 Å². The van der Waals surface area contributed by atoms with Crippen LogP contribution in [0.2, 0.25) is 11.1 Å². The van der Waals surface area contributed by atoms with E-state index in [-0.39, 0.29) is 0 Å². The highest BCUT2D eigenvalue weighted by atomic mass is 28.4. The van der Waals surface area contributed by atoms with Crippen molar-refractivity contribution in [2.45, 2.75) is 89.1 Å². The van der Waals surface area contributed by atoms with Crippen molar-refractivity contribution in [3.05, 3.63) is 0 Å². The van der Waals surface area contributed by atoms with E-state index < -0.39 is 8.56 Å². The monoisotopic (exact) mass is 312 g/mol. The highest BCUT2D eigenvalue weighted by Gasteiger charge is 2.55. The van der Waals surface area contributed by atoms with Crippen molar-refractivity contribution >= 4 is 8.56 Å². The normalized spacial score (nSPS) is 34.9. The lowest BCUT2D eigenvalue weighted by Gasteiger charge is -2.49. The Bertz CT molecular complexity index is 278. The minimum absolute atomic E-state index is 0.725. The summed E-state index contributed by atoms with van der Waals surface area (Å²) in [6, 6.07) is 0. The Morgan fingerprint density at radius 3 is 1.43 bits per heavy atom. The average molecular weight is 313 g/mol. The SMILES string of the molecule is CCC1CCCCC1[Si](OC)(OC)C1CCCCC1CC. The van der Waals surface area contributed by atoms with Gasteiger partial charge in [0.05, 0.1) is 0 Å². The third-order valence-corrected chi connectivity index (χ3v) is 11.4. The van der Waals surface area contributed by atoms with Crippen LogP contribution in [0.5, 0.6) is 0 Å². The van der Waals surface area contributed by atoms with Crippen LogP contribution in [-0.2, 0) is 8.85 Å². The van der Waals surface area contributed by atoms with E-state index in [1.165, 1.54) is 64.2 Å². The molecule has 0 spiro atoms. The molecule has 2 saturated carbocycles. The zero-order valence-corrected chi connectivity index (χ0v) is 15.7. The zero-order valence-electron chi connectivity index (χ0n) is 14.7. The molecule has 0 aromatic carbocycles. The Morgan fingerprint density at radius 2 is 1.10 bits per heavy atom. The summed E-state index contributed by atoms with van der Waals surface area (Å²) in [5, 5.41) is 0. The fourth-order valence-corrected chi connectivity index (χ4v) is 10.7. The second-order valence-corrected chi connectivity index (χ2v) is 11.0. The first kappa shape index (κ1) is 17.5. The van der Waals surface area contributed by atoms with Gasteiger partial charge < -0.3 is 8.85 Å². The first-order valence-corrected chi connectivity index (χ1v) is 11.3. The fraction of sp³-hybridized carbons (Fsp3) is 1.00. The lowest BCUT2D eigenvalue weighted by molar-refractivity contribution is 0.156. The molecular weight excluding hydrogens is 276 g/mol. The third kappa shape index (κ3) is 3.40. The molecule has 2 aliphatic rings. The van der Waals surface area contributed by atoms with Gasteiger partial charge in [0.1, 0.15) is 0 Å². The van der Waals surface area contributed by atoms with Gasteiger partial charge in [0.2, 0.25) is 0 Å². The van der Waals surface area contributed by atoms with Gasteiger partial charge in [-0.1, -0.05) is 65.2 Å². The van der Waals surface area contributed by atoms with Crippen molar-refractivity contribution in [1.82, 2.24) is 0 Å². The van der Waals surface area contributed by atoms with E-state index >= 15 is 0 Å². The minimum atomic E-state index is -2.11. The van der Waals surface area contributed by atoms with Gasteiger partial charge in [-0.25, -0.2) is 0 Å². The Hall–Kier alpha value is 0.137. The molecule has 2 nitrogen and oxygen atoms in total. The Balaban J connectivity index is 2.28. The third-order valence-electron chi connectivity index (χ3n) is 6.54. The van der Waals surface area contributed by atoms with Crippen molar-refractivity contribution in [3.8, 4) is 0 Å². The van der Waals surface area contributed by atoms with Crippen LogP contribution in [-0.4, -0.2) is 22.8 Å². The molecule has 0 saturated heterocycles. The second kappa shape index (κ2) is 8.12. The molecule has 2 rings (SSSR count). The summed E-state index contributed by atoms with van der Waals surface area (Å²) in [5.41, 5.74) is 1.45. The molecule has 0 bridgehead atoms.